The topological polar surface area (TPSA) is 72.2 Å². The number of nitrogen functional groups attached to an aromatic ring is 1. The average molecular weight is 395 g/mol. The zero-order valence-corrected chi connectivity index (χ0v) is 16.1. The van der Waals surface area contributed by atoms with Gasteiger partial charge < -0.3 is 5.73 Å². The number of thioether (sulfide) groups is 1. The summed E-state index contributed by atoms with van der Waals surface area (Å²) in [6, 6.07) is 3.23. The zero-order chi connectivity index (χ0) is 16.3. The van der Waals surface area contributed by atoms with E-state index in [0.29, 0.717) is 22.3 Å². The highest BCUT2D eigenvalue weighted by Gasteiger charge is 2.28. The van der Waals surface area contributed by atoms with Gasteiger partial charge in [-0.25, -0.2) is 13.1 Å². The first-order chi connectivity index (χ1) is 9.71. The molecule has 0 spiro atoms. The molecule has 3 N–H and O–H groups in total. The number of halogens is 1. The van der Waals surface area contributed by atoms with Gasteiger partial charge in [0.25, 0.3) is 0 Å². The van der Waals surface area contributed by atoms with Gasteiger partial charge in [-0.2, -0.15) is 11.8 Å². The number of hydrogen-bond donors (Lipinski definition) is 2. The van der Waals surface area contributed by atoms with Gasteiger partial charge in [-0.3, -0.25) is 0 Å². The van der Waals surface area contributed by atoms with Crippen molar-refractivity contribution in [1.82, 2.24) is 4.72 Å². The molecular weight excluding hydrogens is 372 g/mol. The normalized spacial score (nSPS) is 12.6. The minimum atomic E-state index is -3.56. The molecule has 0 aliphatic rings. The Labute approximate surface area is 140 Å². The molecule has 4 nitrogen and oxygen atoms in total. The van der Waals surface area contributed by atoms with Crippen molar-refractivity contribution in [3.8, 4) is 0 Å². The van der Waals surface area contributed by atoms with Crippen LogP contribution < -0.4 is 10.5 Å². The van der Waals surface area contributed by atoms with E-state index in [0.717, 1.165) is 12.8 Å². The quantitative estimate of drug-likeness (QED) is 0.693. The molecule has 0 saturated heterocycles. The molecule has 0 amide bonds. The Morgan fingerprint density at radius 3 is 2.38 bits per heavy atom. The van der Waals surface area contributed by atoms with Crippen LogP contribution in [0.4, 0.5) is 5.69 Å². The number of anilines is 1. The molecule has 21 heavy (non-hydrogen) atoms. The Bertz CT molecular complexity index is 591. The molecule has 0 unspecified atom stereocenters. The fourth-order valence-electron chi connectivity index (χ4n) is 2.12. The monoisotopic (exact) mass is 394 g/mol. The van der Waals surface area contributed by atoms with Gasteiger partial charge in [-0.05, 0) is 59.6 Å². The Kier molecular flexibility index (Phi) is 6.58. The number of hydrogen-bond acceptors (Lipinski definition) is 4. The highest BCUT2D eigenvalue weighted by Crippen LogP contribution is 2.31. The maximum Gasteiger partial charge on any atom is 0.240 e. The minimum Gasteiger partial charge on any atom is -0.398 e. The standard InChI is InChI=1S/C14H23BrN2O2S2/c1-5-14(6-2,20-4)9-17-21(18,19)13-8-12(16)11(15)7-10(13)3/h7-8,17H,5-6,9,16H2,1-4H3. The first-order valence-electron chi connectivity index (χ1n) is 6.81. The van der Waals surface area contributed by atoms with Crippen molar-refractivity contribution in [3.05, 3.63) is 22.2 Å². The second kappa shape index (κ2) is 7.35. The van der Waals surface area contributed by atoms with Crippen LogP contribution in [0.2, 0.25) is 0 Å². The van der Waals surface area contributed by atoms with Gasteiger partial charge >= 0.3 is 0 Å². The Balaban J connectivity index is 3.05. The van der Waals surface area contributed by atoms with Crippen LogP contribution >= 0.6 is 27.7 Å². The summed E-state index contributed by atoms with van der Waals surface area (Å²) >= 11 is 5.01. The molecule has 0 atom stereocenters. The van der Waals surface area contributed by atoms with Crippen LogP contribution in [0.15, 0.2) is 21.5 Å². The zero-order valence-electron chi connectivity index (χ0n) is 12.9. The average Bonchev–Trinajstić information content (AvgIpc) is 2.45. The SMILES string of the molecule is CCC(CC)(CNS(=O)(=O)c1cc(N)c(Br)cc1C)SC. The van der Waals surface area contributed by atoms with Crippen molar-refractivity contribution in [2.24, 2.45) is 0 Å². The number of rotatable bonds is 7. The third-order valence-corrected chi connectivity index (χ3v) is 7.71. The molecular formula is C14H23BrN2O2S2. The first kappa shape index (κ1) is 18.8. The van der Waals surface area contributed by atoms with Gasteiger partial charge in [0.1, 0.15) is 0 Å². The van der Waals surface area contributed by atoms with Gasteiger partial charge in [0.15, 0.2) is 0 Å². The van der Waals surface area contributed by atoms with E-state index in [9.17, 15) is 8.42 Å². The summed E-state index contributed by atoms with van der Waals surface area (Å²) in [4.78, 5) is 0.241. The molecule has 0 aromatic heterocycles. The lowest BCUT2D eigenvalue weighted by Gasteiger charge is -2.29. The van der Waals surface area contributed by atoms with Gasteiger partial charge in [-0.1, -0.05) is 13.8 Å². The van der Waals surface area contributed by atoms with Crippen LogP contribution in [-0.2, 0) is 10.0 Å². The fourth-order valence-corrected chi connectivity index (χ4v) is 4.85. The molecule has 0 aliphatic heterocycles. The Morgan fingerprint density at radius 2 is 1.90 bits per heavy atom. The molecule has 0 radical (unpaired) electrons. The van der Waals surface area contributed by atoms with Gasteiger partial charge in [0.2, 0.25) is 10.0 Å². The van der Waals surface area contributed by atoms with Crippen LogP contribution in [0.3, 0.4) is 0 Å². The number of benzene rings is 1. The summed E-state index contributed by atoms with van der Waals surface area (Å²) < 4.78 is 28.4. The third kappa shape index (κ3) is 4.37. The van der Waals surface area contributed by atoms with Gasteiger partial charge in [0.05, 0.1) is 4.90 Å². The summed E-state index contributed by atoms with van der Waals surface area (Å²) in [5.74, 6) is 0. The van der Waals surface area contributed by atoms with Crippen molar-refractivity contribution in [2.45, 2.75) is 43.3 Å². The Morgan fingerprint density at radius 1 is 1.33 bits per heavy atom. The maximum absolute atomic E-state index is 12.5. The van der Waals surface area contributed by atoms with Crippen LogP contribution in [0.25, 0.3) is 0 Å². The maximum atomic E-state index is 12.5. The molecule has 1 aromatic rings. The second-order valence-corrected chi connectivity index (χ2v) is 8.92. The number of sulfonamides is 1. The van der Waals surface area contributed by atoms with Crippen molar-refractivity contribution in [2.75, 3.05) is 18.5 Å². The number of aryl methyl sites for hydroxylation is 1. The summed E-state index contributed by atoms with van der Waals surface area (Å²) in [5.41, 5.74) is 6.90. The van der Waals surface area contributed by atoms with Crippen LogP contribution in [0, 0.1) is 6.92 Å². The molecule has 1 aromatic carbocycles. The van der Waals surface area contributed by atoms with E-state index in [1.54, 1.807) is 24.8 Å². The third-order valence-electron chi connectivity index (χ3n) is 3.89. The van der Waals surface area contributed by atoms with Crippen LogP contribution in [0.5, 0.6) is 0 Å². The predicted octanol–water partition coefficient (Wildman–Crippen LogP) is 3.54. The lowest BCUT2D eigenvalue weighted by atomic mass is 10.0. The summed E-state index contributed by atoms with van der Waals surface area (Å²) in [6.07, 6.45) is 3.84. The molecule has 120 valence electrons. The predicted molar refractivity (Wildman–Crippen MR) is 95.3 cm³/mol. The first-order valence-corrected chi connectivity index (χ1v) is 10.3. The van der Waals surface area contributed by atoms with E-state index in [-0.39, 0.29) is 9.64 Å². The van der Waals surface area contributed by atoms with E-state index in [4.69, 9.17) is 5.73 Å². The van der Waals surface area contributed by atoms with Crippen LogP contribution in [-0.4, -0.2) is 26.0 Å². The van der Waals surface area contributed by atoms with Crippen molar-refractivity contribution in [3.63, 3.8) is 0 Å². The lowest BCUT2D eigenvalue weighted by Crippen LogP contribution is -2.39. The van der Waals surface area contributed by atoms with Gasteiger partial charge in [-0.15, -0.1) is 0 Å². The van der Waals surface area contributed by atoms with Crippen molar-refractivity contribution >= 4 is 43.4 Å². The van der Waals surface area contributed by atoms with Crippen molar-refractivity contribution in [1.29, 1.82) is 0 Å². The molecule has 0 bridgehead atoms. The van der Waals surface area contributed by atoms with E-state index >= 15 is 0 Å². The lowest BCUT2D eigenvalue weighted by molar-refractivity contribution is 0.522. The summed E-state index contributed by atoms with van der Waals surface area (Å²) in [6.45, 7) is 6.34. The fraction of sp³-hybridized carbons (Fsp3) is 0.571. The van der Waals surface area contributed by atoms with Gasteiger partial charge in [0, 0.05) is 21.5 Å². The number of nitrogens with one attached hydrogen (secondary N) is 1. The molecule has 0 saturated carbocycles. The summed E-state index contributed by atoms with van der Waals surface area (Å²) in [5, 5.41) is 0. The molecule has 0 heterocycles. The van der Waals surface area contributed by atoms with Crippen molar-refractivity contribution < 1.29 is 8.42 Å². The highest BCUT2D eigenvalue weighted by atomic mass is 79.9. The smallest absolute Gasteiger partial charge is 0.240 e. The molecule has 1 rings (SSSR count). The molecule has 7 heteroatoms. The minimum absolute atomic E-state index is 0.0676. The Hall–Kier alpha value is -0.240. The van der Waals surface area contributed by atoms with E-state index < -0.39 is 10.0 Å². The second-order valence-electron chi connectivity index (χ2n) is 5.06. The van der Waals surface area contributed by atoms with E-state index in [1.807, 2.05) is 6.26 Å². The van der Waals surface area contributed by atoms with Crippen LogP contribution in [0.1, 0.15) is 32.3 Å². The highest BCUT2D eigenvalue weighted by molar-refractivity contribution is 9.10. The summed E-state index contributed by atoms with van der Waals surface area (Å²) in [7, 11) is -3.56. The van der Waals surface area contributed by atoms with E-state index in [1.165, 1.54) is 6.07 Å². The molecule has 0 aliphatic carbocycles. The van der Waals surface area contributed by atoms with E-state index in [2.05, 4.69) is 34.5 Å². The molecule has 0 fully saturated rings. The largest absolute Gasteiger partial charge is 0.398 e. The number of nitrogens with two attached hydrogens (primary N) is 1.